The highest BCUT2D eigenvalue weighted by Gasteiger charge is 2.21. The molecule has 0 spiro atoms. The molecular formula is C21H20ClN3O3. The zero-order chi connectivity index (χ0) is 19.7. The number of amides is 1. The third-order valence-electron chi connectivity index (χ3n) is 4.61. The van der Waals surface area contributed by atoms with Crippen LogP contribution in [-0.2, 0) is 4.79 Å². The van der Waals surface area contributed by atoms with Gasteiger partial charge in [-0.3, -0.25) is 4.79 Å². The molecule has 0 aliphatic carbocycles. The number of benzene rings is 2. The number of rotatable bonds is 4. The molecule has 4 rings (SSSR count). The van der Waals surface area contributed by atoms with Crippen molar-refractivity contribution >= 4 is 23.3 Å². The molecular weight excluding hydrogens is 378 g/mol. The monoisotopic (exact) mass is 397 g/mol. The van der Waals surface area contributed by atoms with Crippen LogP contribution in [0.3, 0.4) is 0 Å². The van der Waals surface area contributed by atoms with Gasteiger partial charge in [0.1, 0.15) is 19.0 Å². The Bertz CT molecular complexity index is 1010. The highest BCUT2D eigenvalue weighted by atomic mass is 35.5. The number of aryl methyl sites for hydroxylation is 1. The normalized spacial score (nSPS) is 13.8. The van der Waals surface area contributed by atoms with Gasteiger partial charge < -0.3 is 14.8 Å². The first-order chi connectivity index (χ1) is 13.5. The number of hydrogen-bond donors (Lipinski definition) is 1. The molecule has 2 heterocycles. The second kappa shape index (κ2) is 7.56. The van der Waals surface area contributed by atoms with Crippen molar-refractivity contribution in [2.45, 2.75) is 19.8 Å². The number of nitrogens with one attached hydrogen (secondary N) is 1. The summed E-state index contributed by atoms with van der Waals surface area (Å²) in [5.41, 5.74) is 2.48. The van der Waals surface area contributed by atoms with Gasteiger partial charge >= 0.3 is 0 Å². The molecule has 1 N–H and O–H groups in total. The molecule has 2 aromatic carbocycles. The summed E-state index contributed by atoms with van der Waals surface area (Å²) in [4.78, 5) is 12.9. The fraction of sp³-hybridized carbons (Fsp3) is 0.238. The molecule has 1 amide bonds. The number of halogens is 1. The van der Waals surface area contributed by atoms with Gasteiger partial charge in [0.05, 0.1) is 17.3 Å². The van der Waals surface area contributed by atoms with Crippen LogP contribution in [0, 0.1) is 6.92 Å². The lowest BCUT2D eigenvalue weighted by Gasteiger charge is -2.20. The largest absolute Gasteiger partial charge is 0.486 e. The molecule has 0 saturated carbocycles. The predicted molar refractivity (Wildman–Crippen MR) is 108 cm³/mol. The van der Waals surface area contributed by atoms with Crippen molar-refractivity contribution in [3.63, 3.8) is 0 Å². The second-order valence-electron chi connectivity index (χ2n) is 6.67. The van der Waals surface area contributed by atoms with Crippen LogP contribution in [0.2, 0.25) is 5.02 Å². The van der Waals surface area contributed by atoms with E-state index in [1.54, 1.807) is 16.8 Å². The molecule has 144 valence electrons. The van der Waals surface area contributed by atoms with Crippen LogP contribution in [-0.4, -0.2) is 28.9 Å². The summed E-state index contributed by atoms with van der Waals surface area (Å²) in [6.45, 7) is 4.79. The molecule has 0 bridgehead atoms. The first-order valence-electron chi connectivity index (χ1n) is 9.04. The van der Waals surface area contributed by atoms with Crippen molar-refractivity contribution < 1.29 is 14.3 Å². The molecule has 28 heavy (non-hydrogen) atoms. The summed E-state index contributed by atoms with van der Waals surface area (Å²) in [5.74, 6) is 1.48. The van der Waals surface area contributed by atoms with Crippen molar-refractivity contribution in [3.8, 4) is 17.2 Å². The van der Waals surface area contributed by atoms with E-state index in [0.29, 0.717) is 35.6 Å². The zero-order valence-electron chi connectivity index (χ0n) is 15.6. The molecule has 7 heteroatoms. The SMILES string of the molecule is Cc1cc(NC(=O)C(C)c2ccc3c(c2)OCCO3)n(-c2ccc(Cl)cc2)n1. The van der Waals surface area contributed by atoms with E-state index >= 15 is 0 Å². The molecule has 0 radical (unpaired) electrons. The lowest BCUT2D eigenvalue weighted by atomic mass is 9.99. The number of anilines is 1. The van der Waals surface area contributed by atoms with Crippen LogP contribution >= 0.6 is 11.6 Å². The molecule has 0 fully saturated rings. The van der Waals surface area contributed by atoms with Gasteiger partial charge in [0.25, 0.3) is 0 Å². The number of carbonyl (C=O) groups excluding carboxylic acids is 1. The van der Waals surface area contributed by atoms with E-state index in [0.717, 1.165) is 16.9 Å². The van der Waals surface area contributed by atoms with Gasteiger partial charge in [-0.1, -0.05) is 17.7 Å². The summed E-state index contributed by atoms with van der Waals surface area (Å²) < 4.78 is 12.9. The molecule has 1 aliphatic rings. The Kier molecular flexibility index (Phi) is 4.96. The van der Waals surface area contributed by atoms with Crippen LogP contribution in [0.15, 0.2) is 48.5 Å². The molecule has 1 aliphatic heterocycles. The zero-order valence-corrected chi connectivity index (χ0v) is 16.4. The standard InChI is InChI=1S/C21H20ClN3O3/c1-13-11-20(25(24-13)17-6-4-16(22)5-7-17)23-21(26)14(2)15-3-8-18-19(12-15)28-10-9-27-18/h3-8,11-12,14H,9-10H2,1-2H3,(H,23,26). The van der Waals surface area contributed by atoms with E-state index in [4.69, 9.17) is 21.1 Å². The molecule has 1 atom stereocenters. The highest BCUT2D eigenvalue weighted by molar-refractivity contribution is 6.30. The quantitative estimate of drug-likeness (QED) is 0.710. The Hall–Kier alpha value is -2.99. The second-order valence-corrected chi connectivity index (χ2v) is 7.11. The minimum Gasteiger partial charge on any atom is -0.486 e. The van der Waals surface area contributed by atoms with Crippen molar-refractivity contribution in [1.82, 2.24) is 9.78 Å². The topological polar surface area (TPSA) is 65.4 Å². The maximum absolute atomic E-state index is 12.9. The summed E-state index contributed by atoms with van der Waals surface area (Å²) >= 11 is 5.97. The molecule has 0 saturated heterocycles. The molecule has 6 nitrogen and oxygen atoms in total. The third-order valence-corrected chi connectivity index (χ3v) is 4.87. The summed E-state index contributed by atoms with van der Waals surface area (Å²) in [6.07, 6.45) is 0. The van der Waals surface area contributed by atoms with Gasteiger partial charge in [0, 0.05) is 11.1 Å². The number of ether oxygens (including phenoxy) is 2. The maximum Gasteiger partial charge on any atom is 0.232 e. The average molecular weight is 398 g/mol. The summed E-state index contributed by atoms with van der Waals surface area (Å²) in [7, 11) is 0. The van der Waals surface area contributed by atoms with Crippen LogP contribution in [0.1, 0.15) is 24.1 Å². The van der Waals surface area contributed by atoms with Gasteiger partial charge in [0.15, 0.2) is 11.5 Å². The van der Waals surface area contributed by atoms with E-state index in [-0.39, 0.29) is 11.8 Å². The fourth-order valence-corrected chi connectivity index (χ4v) is 3.21. The van der Waals surface area contributed by atoms with Crippen molar-refractivity contribution in [2.75, 3.05) is 18.5 Å². The average Bonchev–Trinajstić information content (AvgIpc) is 3.07. The Morgan fingerprint density at radius 3 is 2.57 bits per heavy atom. The molecule has 3 aromatic rings. The third kappa shape index (κ3) is 3.68. The number of fused-ring (bicyclic) bond motifs is 1. The van der Waals surface area contributed by atoms with Crippen LogP contribution in [0.5, 0.6) is 11.5 Å². The van der Waals surface area contributed by atoms with Crippen LogP contribution in [0.25, 0.3) is 5.69 Å². The van der Waals surface area contributed by atoms with Crippen molar-refractivity contribution in [1.29, 1.82) is 0 Å². The van der Waals surface area contributed by atoms with Gasteiger partial charge in [-0.15, -0.1) is 0 Å². The number of hydrogen-bond acceptors (Lipinski definition) is 4. The number of nitrogens with zero attached hydrogens (tertiary/aromatic N) is 2. The van der Waals surface area contributed by atoms with E-state index in [1.165, 1.54) is 0 Å². The summed E-state index contributed by atoms with van der Waals surface area (Å²) in [5, 5.41) is 8.10. The van der Waals surface area contributed by atoms with E-state index in [1.807, 2.05) is 50.2 Å². The highest BCUT2D eigenvalue weighted by Crippen LogP contribution is 2.33. The fourth-order valence-electron chi connectivity index (χ4n) is 3.08. The van der Waals surface area contributed by atoms with E-state index < -0.39 is 0 Å². The summed E-state index contributed by atoms with van der Waals surface area (Å²) in [6, 6.07) is 14.7. The Morgan fingerprint density at radius 2 is 1.82 bits per heavy atom. The predicted octanol–water partition coefficient (Wildman–Crippen LogP) is 4.35. The molecule has 1 aromatic heterocycles. The minimum absolute atomic E-state index is 0.133. The number of carbonyl (C=O) groups is 1. The van der Waals surface area contributed by atoms with Gasteiger partial charge in [-0.2, -0.15) is 5.10 Å². The Balaban J connectivity index is 1.56. The van der Waals surface area contributed by atoms with E-state index in [2.05, 4.69) is 10.4 Å². The van der Waals surface area contributed by atoms with Crippen molar-refractivity contribution in [2.24, 2.45) is 0 Å². The lowest BCUT2D eigenvalue weighted by molar-refractivity contribution is -0.117. The van der Waals surface area contributed by atoms with Crippen LogP contribution < -0.4 is 14.8 Å². The Morgan fingerprint density at radius 1 is 1.11 bits per heavy atom. The first-order valence-corrected chi connectivity index (χ1v) is 9.42. The molecule has 1 unspecified atom stereocenters. The van der Waals surface area contributed by atoms with Gasteiger partial charge in [-0.05, 0) is 55.8 Å². The maximum atomic E-state index is 12.9. The van der Waals surface area contributed by atoms with Gasteiger partial charge in [-0.25, -0.2) is 4.68 Å². The Labute approximate surface area is 168 Å². The lowest BCUT2D eigenvalue weighted by Crippen LogP contribution is -2.21. The van der Waals surface area contributed by atoms with Crippen molar-refractivity contribution in [3.05, 3.63) is 64.8 Å². The van der Waals surface area contributed by atoms with E-state index in [9.17, 15) is 4.79 Å². The number of aromatic nitrogens is 2. The first kappa shape index (κ1) is 18.4. The van der Waals surface area contributed by atoms with Crippen LogP contribution in [0.4, 0.5) is 5.82 Å². The smallest absolute Gasteiger partial charge is 0.232 e. The van der Waals surface area contributed by atoms with Gasteiger partial charge in [0.2, 0.25) is 5.91 Å². The minimum atomic E-state index is -0.371.